The Labute approximate surface area is 171 Å². The van der Waals surface area contributed by atoms with Crippen LogP contribution in [0, 0.1) is 0 Å². The second-order valence-electron chi connectivity index (χ2n) is 7.84. The average Bonchev–Trinajstić information content (AvgIpc) is 3.18. The van der Waals surface area contributed by atoms with Gasteiger partial charge in [0.2, 0.25) is 0 Å². The van der Waals surface area contributed by atoms with Crippen LogP contribution in [0.2, 0.25) is 0 Å². The standard InChI is InChI=1S/C22H28N4O3/c1-3-23-22(28)24-16-9-7-15(8-10-16)19-11-12-20(29-19)21(27)26-13-17-5-4-6-18(14-26)25(17)2/h7-12,17-18H,3-6,13-14H2,1-2H3,(H2,23,24,28). The summed E-state index contributed by atoms with van der Waals surface area (Å²) in [6.07, 6.45) is 3.55. The third-order valence-corrected chi connectivity index (χ3v) is 5.96. The molecule has 1 aromatic heterocycles. The number of amides is 3. The minimum absolute atomic E-state index is 0.0317. The van der Waals surface area contributed by atoms with Crippen LogP contribution in [0.5, 0.6) is 0 Å². The molecule has 4 rings (SSSR count). The summed E-state index contributed by atoms with van der Waals surface area (Å²) in [7, 11) is 2.17. The van der Waals surface area contributed by atoms with Crippen LogP contribution in [0.15, 0.2) is 40.8 Å². The van der Waals surface area contributed by atoms with E-state index in [1.807, 2.05) is 42.2 Å². The number of hydrogen-bond acceptors (Lipinski definition) is 4. The molecule has 2 aliphatic heterocycles. The van der Waals surface area contributed by atoms with Gasteiger partial charge in [0.15, 0.2) is 5.76 Å². The van der Waals surface area contributed by atoms with Crippen molar-refractivity contribution in [3.8, 4) is 11.3 Å². The van der Waals surface area contributed by atoms with Crippen LogP contribution in [0.1, 0.15) is 36.7 Å². The van der Waals surface area contributed by atoms with Crippen molar-refractivity contribution in [2.24, 2.45) is 0 Å². The molecular weight excluding hydrogens is 368 g/mol. The van der Waals surface area contributed by atoms with Gasteiger partial charge in [0.1, 0.15) is 5.76 Å². The molecule has 2 bridgehead atoms. The Bertz CT molecular complexity index is 862. The Hall–Kier alpha value is -2.80. The van der Waals surface area contributed by atoms with E-state index in [9.17, 15) is 9.59 Å². The summed E-state index contributed by atoms with van der Waals surface area (Å²) in [6.45, 7) is 3.97. The summed E-state index contributed by atoms with van der Waals surface area (Å²) in [5, 5.41) is 5.46. The van der Waals surface area contributed by atoms with Crippen molar-refractivity contribution in [1.29, 1.82) is 0 Å². The van der Waals surface area contributed by atoms with Gasteiger partial charge in [-0.2, -0.15) is 0 Å². The van der Waals surface area contributed by atoms with Gasteiger partial charge in [-0.3, -0.25) is 9.69 Å². The lowest BCUT2D eigenvalue weighted by molar-refractivity contribution is 0.00959. The van der Waals surface area contributed by atoms with Gasteiger partial charge in [0, 0.05) is 43.0 Å². The fourth-order valence-corrected chi connectivity index (χ4v) is 4.30. The molecule has 2 aromatic rings. The summed E-state index contributed by atoms with van der Waals surface area (Å²) in [6, 6.07) is 11.6. The quantitative estimate of drug-likeness (QED) is 0.830. The van der Waals surface area contributed by atoms with E-state index in [4.69, 9.17) is 4.42 Å². The number of nitrogens with zero attached hydrogens (tertiary/aromatic N) is 2. The number of urea groups is 1. The van der Waals surface area contributed by atoms with Crippen molar-refractivity contribution in [3.05, 3.63) is 42.2 Å². The number of anilines is 1. The van der Waals surface area contributed by atoms with E-state index in [2.05, 4.69) is 22.6 Å². The number of rotatable bonds is 4. The van der Waals surface area contributed by atoms with E-state index in [0.29, 0.717) is 35.8 Å². The summed E-state index contributed by atoms with van der Waals surface area (Å²) < 4.78 is 5.89. The van der Waals surface area contributed by atoms with Crippen LogP contribution in [0.4, 0.5) is 10.5 Å². The molecule has 3 amide bonds. The zero-order valence-corrected chi connectivity index (χ0v) is 17.0. The first-order valence-corrected chi connectivity index (χ1v) is 10.3. The van der Waals surface area contributed by atoms with Gasteiger partial charge in [-0.25, -0.2) is 4.79 Å². The van der Waals surface area contributed by atoms with Crippen LogP contribution in [-0.4, -0.2) is 60.5 Å². The second-order valence-corrected chi connectivity index (χ2v) is 7.84. The van der Waals surface area contributed by atoms with E-state index in [-0.39, 0.29) is 11.9 Å². The molecule has 0 saturated carbocycles. The lowest BCUT2D eigenvalue weighted by Crippen LogP contribution is -2.60. The summed E-state index contributed by atoms with van der Waals surface area (Å²) in [5.74, 6) is 0.996. The van der Waals surface area contributed by atoms with E-state index in [1.54, 1.807) is 6.07 Å². The number of piperidine rings is 1. The lowest BCUT2D eigenvalue weighted by Gasteiger charge is -2.48. The summed E-state index contributed by atoms with van der Waals surface area (Å²) in [5.41, 5.74) is 1.56. The van der Waals surface area contributed by atoms with Gasteiger partial charge in [0.25, 0.3) is 5.91 Å². The minimum atomic E-state index is -0.233. The molecule has 2 saturated heterocycles. The highest BCUT2D eigenvalue weighted by Gasteiger charge is 2.37. The zero-order chi connectivity index (χ0) is 20.4. The maximum Gasteiger partial charge on any atom is 0.319 e. The normalized spacial score (nSPS) is 21.7. The van der Waals surface area contributed by atoms with Gasteiger partial charge in [-0.1, -0.05) is 6.42 Å². The van der Waals surface area contributed by atoms with Crippen LogP contribution in [0.3, 0.4) is 0 Å². The molecule has 0 aliphatic carbocycles. The van der Waals surface area contributed by atoms with Gasteiger partial charge >= 0.3 is 6.03 Å². The van der Waals surface area contributed by atoms with Crippen LogP contribution in [0.25, 0.3) is 11.3 Å². The van der Waals surface area contributed by atoms with Crippen molar-refractivity contribution >= 4 is 17.6 Å². The number of fused-ring (bicyclic) bond motifs is 2. The molecule has 2 atom stereocenters. The van der Waals surface area contributed by atoms with Crippen LogP contribution < -0.4 is 10.6 Å². The Balaban J connectivity index is 1.43. The number of furan rings is 1. The Morgan fingerprint density at radius 3 is 2.41 bits per heavy atom. The summed E-state index contributed by atoms with van der Waals surface area (Å²) in [4.78, 5) is 28.9. The third-order valence-electron chi connectivity index (χ3n) is 5.96. The molecule has 2 unspecified atom stereocenters. The van der Waals surface area contributed by atoms with Gasteiger partial charge in [-0.15, -0.1) is 0 Å². The van der Waals surface area contributed by atoms with Crippen LogP contribution >= 0.6 is 0 Å². The van der Waals surface area contributed by atoms with Crippen LogP contribution in [-0.2, 0) is 0 Å². The first-order chi connectivity index (χ1) is 14.0. The maximum atomic E-state index is 13.0. The number of likely N-dealkylation sites (N-methyl/N-ethyl adjacent to an activating group) is 1. The van der Waals surface area contributed by atoms with Gasteiger partial charge in [0.05, 0.1) is 0 Å². The predicted molar refractivity (Wildman–Crippen MR) is 112 cm³/mol. The first-order valence-electron chi connectivity index (χ1n) is 10.3. The van der Waals surface area contributed by atoms with E-state index >= 15 is 0 Å². The predicted octanol–water partition coefficient (Wildman–Crippen LogP) is 3.40. The number of hydrogen-bond donors (Lipinski definition) is 2. The minimum Gasteiger partial charge on any atom is -0.451 e. The molecule has 7 nitrogen and oxygen atoms in total. The smallest absolute Gasteiger partial charge is 0.319 e. The number of piperazine rings is 1. The molecule has 3 heterocycles. The Kier molecular flexibility index (Phi) is 5.58. The number of carbonyl (C=O) groups excluding carboxylic acids is 2. The van der Waals surface area contributed by atoms with E-state index in [1.165, 1.54) is 6.42 Å². The Morgan fingerprint density at radius 2 is 1.76 bits per heavy atom. The van der Waals surface area contributed by atoms with Crippen molar-refractivity contribution in [1.82, 2.24) is 15.1 Å². The highest BCUT2D eigenvalue weighted by atomic mass is 16.4. The molecule has 0 radical (unpaired) electrons. The maximum absolute atomic E-state index is 13.0. The molecule has 2 fully saturated rings. The summed E-state index contributed by atoms with van der Waals surface area (Å²) >= 11 is 0. The van der Waals surface area contributed by atoms with Gasteiger partial charge < -0.3 is 20.0 Å². The molecule has 1 aromatic carbocycles. The SMILES string of the molecule is CCNC(=O)Nc1ccc(-c2ccc(C(=O)N3CC4CCCC(C3)N4C)o2)cc1. The molecular formula is C22H28N4O3. The Morgan fingerprint density at radius 1 is 1.07 bits per heavy atom. The zero-order valence-electron chi connectivity index (χ0n) is 17.0. The van der Waals surface area contributed by atoms with Crippen molar-refractivity contribution in [2.45, 2.75) is 38.3 Å². The largest absolute Gasteiger partial charge is 0.451 e. The molecule has 0 spiro atoms. The molecule has 2 N–H and O–H groups in total. The van der Waals surface area contributed by atoms with Gasteiger partial charge in [-0.05, 0) is 63.2 Å². The lowest BCUT2D eigenvalue weighted by atomic mass is 9.92. The highest BCUT2D eigenvalue weighted by Crippen LogP contribution is 2.29. The van der Waals surface area contributed by atoms with E-state index in [0.717, 1.165) is 31.5 Å². The average molecular weight is 396 g/mol. The molecule has 7 heteroatoms. The monoisotopic (exact) mass is 396 g/mol. The number of nitrogens with one attached hydrogen (secondary N) is 2. The number of likely N-dealkylation sites (tertiary alicyclic amines) is 1. The van der Waals surface area contributed by atoms with Crippen molar-refractivity contribution < 1.29 is 14.0 Å². The molecule has 29 heavy (non-hydrogen) atoms. The third kappa shape index (κ3) is 4.15. The van der Waals surface area contributed by atoms with Crippen molar-refractivity contribution in [3.63, 3.8) is 0 Å². The molecule has 2 aliphatic rings. The van der Waals surface area contributed by atoms with Crippen molar-refractivity contribution in [2.75, 3.05) is 32.0 Å². The fraction of sp³-hybridized carbons (Fsp3) is 0.455. The fourth-order valence-electron chi connectivity index (χ4n) is 4.30. The number of carbonyl (C=O) groups is 2. The highest BCUT2D eigenvalue weighted by molar-refractivity contribution is 5.92. The van der Waals surface area contributed by atoms with E-state index < -0.39 is 0 Å². The first kappa shape index (κ1) is 19.5. The number of benzene rings is 1. The molecule has 154 valence electrons. The second kappa shape index (κ2) is 8.29. The topological polar surface area (TPSA) is 77.8 Å².